The van der Waals surface area contributed by atoms with Crippen molar-refractivity contribution in [3.8, 4) is 0 Å². The molecule has 3 nitrogen and oxygen atoms in total. The largest absolute Gasteiger partial charge is 0.399 e. The topological polar surface area (TPSA) is 46.3 Å². The molecule has 0 radical (unpaired) electrons. The van der Waals surface area contributed by atoms with Crippen LogP contribution in [0.5, 0.6) is 0 Å². The average molecular weight is 275 g/mol. The molecule has 0 aliphatic carbocycles. The fraction of sp³-hybridized carbons (Fsp3) is 0.133. The summed E-state index contributed by atoms with van der Waals surface area (Å²) in [6.45, 7) is 0.533. The van der Waals surface area contributed by atoms with Gasteiger partial charge in [-0.15, -0.1) is 0 Å². The number of carbonyl (C=O) groups is 1. The van der Waals surface area contributed by atoms with Gasteiger partial charge in [-0.2, -0.15) is 0 Å². The summed E-state index contributed by atoms with van der Waals surface area (Å²) in [5.74, 6) is -0.0535. The van der Waals surface area contributed by atoms with Gasteiger partial charge in [-0.05, 0) is 35.9 Å². The predicted molar refractivity (Wildman–Crippen MR) is 78.1 cm³/mol. The lowest BCUT2D eigenvalue weighted by molar-refractivity contribution is 0.0785. The van der Waals surface area contributed by atoms with Crippen LogP contribution in [0, 0.1) is 0 Å². The summed E-state index contributed by atoms with van der Waals surface area (Å²) in [7, 11) is 1.76. The van der Waals surface area contributed by atoms with Crippen molar-refractivity contribution in [1.82, 2.24) is 4.90 Å². The van der Waals surface area contributed by atoms with E-state index in [0.717, 1.165) is 5.56 Å². The van der Waals surface area contributed by atoms with E-state index in [2.05, 4.69) is 0 Å². The second kappa shape index (κ2) is 5.76. The first-order valence-corrected chi connectivity index (χ1v) is 6.29. The molecule has 0 saturated carbocycles. The molecule has 0 aliphatic rings. The van der Waals surface area contributed by atoms with E-state index in [1.165, 1.54) is 0 Å². The van der Waals surface area contributed by atoms with E-state index in [1.807, 2.05) is 24.3 Å². The number of benzene rings is 2. The summed E-state index contributed by atoms with van der Waals surface area (Å²) < 4.78 is 0. The second-order valence-electron chi connectivity index (χ2n) is 4.41. The maximum Gasteiger partial charge on any atom is 0.253 e. The summed E-state index contributed by atoms with van der Waals surface area (Å²) in [6.07, 6.45) is 0. The van der Waals surface area contributed by atoms with Gasteiger partial charge in [0.05, 0.1) is 0 Å². The molecule has 0 saturated heterocycles. The molecule has 0 spiro atoms. The zero-order valence-electron chi connectivity index (χ0n) is 10.6. The minimum Gasteiger partial charge on any atom is -0.399 e. The number of nitrogen functional groups attached to an aromatic ring is 1. The normalized spacial score (nSPS) is 10.2. The van der Waals surface area contributed by atoms with Crippen LogP contribution >= 0.6 is 11.6 Å². The van der Waals surface area contributed by atoms with Crippen LogP contribution in [0.15, 0.2) is 48.5 Å². The standard InChI is InChI=1S/C15H15ClN2O/c1-18(10-11-5-7-13(16)8-6-11)15(19)12-3-2-4-14(17)9-12/h2-9H,10,17H2,1H3. The van der Waals surface area contributed by atoms with E-state index in [0.29, 0.717) is 22.8 Å². The number of anilines is 1. The van der Waals surface area contributed by atoms with Crippen LogP contribution in [0.25, 0.3) is 0 Å². The van der Waals surface area contributed by atoms with Crippen molar-refractivity contribution in [2.45, 2.75) is 6.54 Å². The van der Waals surface area contributed by atoms with Crippen molar-refractivity contribution >= 4 is 23.2 Å². The summed E-state index contributed by atoms with van der Waals surface area (Å²) in [4.78, 5) is 13.9. The van der Waals surface area contributed by atoms with E-state index >= 15 is 0 Å². The maximum absolute atomic E-state index is 12.2. The Bertz CT molecular complexity index is 581. The van der Waals surface area contributed by atoms with Gasteiger partial charge in [0.25, 0.3) is 5.91 Å². The third-order valence-corrected chi connectivity index (χ3v) is 3.07. The molecule has 1 amide bonds. The molecule has 2 N–H and O–H groups in total. The van der Waals surface area contributed by atoms with E-state index in [9.17, 15) is 4.79 Å². The number of halogens is 1. The Kier molecular flexibility index (Phi) is 4.07. The molecule has 0 fully saturated rings. The first kappa shape index (κ1) is 13.4. The van der Waals surface area contributed by atoms with Crippen LogP contribution in [-0.4, -0.2) is 17.9 Å². The van der Waals surface area contributed by atoms with Gasteiger partial charge < -0.3 is 10.6 Å². The number of hydrogen-bond donors (Lipinski definition) is 1. The van der Waals surface area contributed by atoms with E-state index < -0.39 is 0 Å². The molecule has 19 heavy (non-hydrogen) atoms. The number of nitrogens with two attached hydrogens (primary N) is 1. The lowest BCUT2D eigenvalue weighted by Crippen LogP contribution is -2.26. The lowest BCUT2D eigenvalue weighted by Gasteiger charge is -2.17. The minimum absolute atomic E-state index is 0.0535. The van der Waals surface area contributed by atoms with Gasteiger partial charge in [-0.1, -0.05) is 29.8 Å². The van der Waals surface area contributed by atoms with Crippen LogP contribution in [0.4, 0.5) is 5.69 Å². The first-order valence-electron chi connectivity index (χ1n) is 5.92. The number of amides is 1. The first-order chi connectivity index (χ1) is 9.06. The molecule has 0 heterocycles. The van der Waals surface area contributed by atoms with E-state index in [1.54, 1.807) is 36.2 Å². The number of nitrogens with zero attached hydrogens (tertiary/aromatic N) is 1. The fourth-order valence-electron chi connectivity index (χ4n) is 1.83. The monoisotopic (exact) mass is 274 g/mol. The summed E-state index contributed by atoms with van der Waals surface area (Å²) >= 11 is 5.83. The molecule has 0 bridgehead atoms. The second-order valence-corrected chi connectivity index (χ2v) is 4.85. The van der Waals surface area contributed by atoms with Crippen molar-refractivity contribution in [3.05, 3.63) is 64.7 Å². The van der Waals surface area contributed by atoms with Gasteiger partial charge >= 0.3 is 0 Å². The molecular weight excluding hydrogens is 260 g/mol. The summed E-state index contributed by atoms with van der Waals surface area (Å²) in [6, 6.07) is 14.4. The van der Waals surface area contributed by atoms with Crippen molar-refractivity contribution in [1.29, 1.82) is 0 Å². The number of rotatable bonds is 3. The SMILES string of the molecule is CN(Cc1ccc(Cl)cc1)C(=O)c1cccc(N)c1. The Morgan fingerprint density at radius 1 is 1.21 bits per heavy atom. The van der Waals surface area contributed by atoms with Gasteiger partial charge in [0.2, 0.25) is 0 Å². The maximum atomic E-state index is 12.2. The Hall–Kier alpha value is -2.00. The molecule has 0 atom stereocenters. The smallest absolute Gasteiger partial charge is 0.253 e. The van der Waals surface area contributed by atoms with Crippen molar-refractivity contribution < 1.29 is 4.79 Å². The van der Waals surface area contributed by atoms with Crippen molar-refractivity contribution in [3.63, 3.8) is 0 Å². The molecule has 2 aromatic rings. The summed E-state index contributed by atoms with van der Waals surface area (Å²) in [5, 5.41) is 0.688. The molecule has 0 unspecified atom stereocenters. The average Bonchev–Trinajstić information content (AvgIpc) is 2.40. The van der Waals surface area contributed by atoms with Gasteiger partial charge in [0.15, 0.2) is 0 Å². The van der Waals surface area contributed by atoms with Crippen molar-refractivity contribution in [2.75, 3.05) is 12.8 Å². The Labute approximate surface area is 117 Å². The highest BCUT2D eigenvalue weighted by atomic mass is 35.5. The van der Waals surface area contributed by atoms with Gasteiger partial charge in [0, 0.05) is 29.9 Å². The summed E-state index contributed by atoms with van der Waals surface area (Å²) in [5.41, 5.74) is 7.89. The van der Waals surface area contributed by atoms with Crippen molar-refractivity contribution in [2.24, 2.45) is 0 Å². The lowest BCUT2D eigenvalue weighted by atomic mass is 10.1. The highest BCUT2D eigenvalue weighted by Crippen LogP contribution is 2.13. The van der Waals surface area contributed by atoms with Gasteiger partial charge in [0.1, 0.15) is 0 Å². The van der Waals surface area contributed by atoms with E-state index in [-0.39, 0.29) is 5.91 Å². The highest BCUT2D eigenvalue weighted by Gasteiger charge is 2.12. The zero-order chi connectivity index (χ0) is 13.8. The molecule has 0 aliphatic heterocycles. The number of carbonyl (C=O) groups excluding carboxylic acids is 1. The fourth-order valence-corrected chi connectivity index (χ4v) is 1.95. The van der Waals surface area contributed by atoms with Crippen LogP contribution in [0.1, 0.15) is 15.9 Å². The van der Waals surface area contributed by atoms with Crippen LogP contribution in [0.2, 0.25) is 5.02 Å². The molecule has 98 valence electrons. The van der Waals surface area contributed by atoms with Crippen LogP contribution < -0.4 is 5.73 Å². The Morgan fingerprint density at radius 3 is 2.53 bits per heavy atom. The predicted octanol–water partition coefficient (Wildman–Crippen LogP) is 3.19. The van der Waals surface area contributed by atoms with Gasteiger partial charge in [-0.25, -0.2) is 0 Å². The third kappa shape index (κ3) is 3.48. The minimum atomic E-state index is -0.0535. The van der Waals surface area contributed by atoms with Gasteiger partial charge in [-0.3, -0.25) is 4.79 Å². The third-order valence-electron chi connectivity index (χ3n) is 2.81. The molecule has 2 aromatic carbocycles. The zero-order valence-corrected chi connectivity index (χ0v) is 11.4. The van der Waals surface area contributed by atoms with Crippen LogP contribution in [0.3, 0.4) is 0 Å². The Balaban J connectivity index is 2.09. The molecular formula is C15H15ClN2O. The quantitative estimate of drug-likeness (QED) is 0.874. The van der Waals surface area contributed by atoms with Crippen LogP contribution in [-0.2, 0) is 6.54 Å². The Morgan fingerprint density at radius 2 is 1.89 bits per heavy atom. The highest BCUT2D eigenvalue weighted by molar-refractivity contribution is 6.30. The van der Waals surface area contributed by atoms with E-state index in [4.69, 9.17) is 17.3 Å². The number of hydrogen-bond acceptors (Lipinski definition) is 2. The molecule has 0 aromatic heterocycles. The molecule has 4 heteroatoms. The molecule has 2 rings (SSSR count).